The number of hydrogen-bond acceptors (Lipinski definition) is 4. The maximum atomic E-state index is 12.9. The van der Waals surface area contributed by atoms with Crippen molar-refractivity contribution in [1.29, 1.82) is 0 Å². The van der Waals surface area contributed by atoms with Gasteiger partial charge in [-0.25, -0.2) is 8.42 Å². The van der Waals surface area contributed by atoms with Gasteiger partial charge in [-0.3, -0.25) is 9.69 Å². The number of piperazine rings is 1. The minimum Gasteiger partial charge on any atom is -0.326 e. The molecule has 3 rings (SSSR count). The summed E-state index contributed by atoms with van der Waals surface area (Å²) < 4.78 is 27.4. The average Bonchev–Trinajstić information content (AvgIpc) is 2.73. The second kappa shape index (κ2) is 9.52. The monoisotopic (exact) mass is 415 g/mol. The lowest BCUT2D eigenvalue weighted by Crippen LogP contribution is -2.51. The lowest BCUT2D eigenvalue weighted by molar-refractivity contribution is -0.114. The Kier molecular flexibility index (Phi) is 7.05. The highest BCUT2D eigenvalue weighted by atomic mass is 32.2. The first-order chi connectivity index (χ1) is 13.9. The summed E-state index contributed by atoms with van der Waals surface area (Å²) in [4.78, 5) is 13.7. The molecule has 156 valence electrons. The molecule has 1 aliphatic rings. The van der Waals surface area contributed by atoms with Gasteiger partial charge in [0, 0.05) is 44.8 Å². The molecule has 0 saturated carbocycles. The van der Waals surface area contributed by atoms with Gasteiger partial charge in [-0.2, -0.15) is 4.31 Å². The number of benzene rings is 2. The van der Waals surface area contributed by atoms with Gasteiger partial charge in [0.05, 0.1) is 4.90 Å². The molecule has 1 heterocycles. The Morgan fingerprint density at radius 3 is 2.21 bits per heavy atom. The third-order valence-electron chi connectivity index (χ3n) is 5.40. The van der Waals surface area contributed by atoms with E-state index in [0.29, 0.717) is 24.8 Å². The van der Waals surface area contributed by atoms with Crippen molar-refractivity contribution in [2.75, 3.05) is 31.5 Å². The largest absolute Gasteiger partial charge is 0.326 e. The zero-order valence-corrected chi connectivity index (χ0v) is 17.9. The van der Waals surface area contributed by atoms with Crippen molar-refractivity contribution in [3.63, 3.8) is 0 Å². The van der Waals surface area contributed by atoms with E-state index >= 15 is 0 Å². The van der Waals surface area contributed by atoms with Crippen molar-refractivity contribution in [3.8, 4) is 0 Å². The Bertz CT molecular complexity index is 906. The van der Waals surface area contributed by atoms with Crippen LogP contribution in [-0.4, -0.2) is 55.8 Å². The van der Waals surface area contributed by atoms with Crippen molar-refractivity contribution in [3.05, 3.63) is 60.2 Å². The summed E-state index contributed by atoms with van der Waals surface area (Å²) in [6.07, 6.45) is 2.09. The predicted molar refractivity (Wildman–Crippen MR) is 115 cm³/mol. The number of amides is 1. The molecular formula is C22H29N3O3S. The zero-order valence-electron chi connectivity index (χ0n) is 17.0. The van der Waals surface area contributed by atoms with Gasteiger partial charge in [0.25, 0.3) is 0 Å². The lowest BCUT2D eigenvalue weighted by atomic mass is 10.0. The van der Waals surface area contributed by atoms with Crippen LogP contribution < -0.4 is 5.32 Å². The van der Waals surface area contributed by atoms with Crippen LogP contribution in [0.15, 0.2) is 59.5 Å². The molecule has 0 aromatic heterocycles. The minimum absolute atomic E-state index is 0.182. The van der Waals surface area contributed by atoms with E-state index in [1.807, 2.05) is 6.07 Å². The molecule has 0 aliphatic carbocycles. The standard InChI is InChI=1S/C22H29N3O3S/c1-18(8-9-20-6-4-3-5-7-20)24-14-16-25(17-15-24)29(27,28)22-12-10-21(11-13-22)23-19(2)26/h3-7,10-13,18H,8-9,14-17H2,1-2H3,(H,23,26)/t18-/m0/s1. The van der Waals surface area contributed by atoms with E-state index in [4.69, 9.17) is 0 Å². The highest BCUT2D eigenvalue weighted by molar-refractivity contribution is 7.89. The van der Waals surface area contributed by atoms with Crippen LogP contribution >= 0.6 is 0 Å². The number of sulfonamides is 1. The Hall–Kier alpha value is -2.22. The number of nitrogens with one attached hydrogen (secondary N) is 1. The van der Waals surface area contributed by atoms with Gasteiger partial charge in [0.2, 0.25) is 15.9 Å². The molecule has 0 radical (unpaired) electrons. The van der Waals surface area contributed by atoms with E-state index in [0.717, 1.165) is 25.9 Å². The fraction of sp³-hybridized carbons (Fsp3) is 0.409. The molecule has 1 saturated heterocycles. The third-order valence-corrected chi connectivity index (χ3v) is 7.32. The molecule has 1 amide bonds. The van der Waals surface area contributed by atoms with Crippen molar-refractivity contribution in [2.24, 2.45) is 0 Å². The molecule has 2 aromatic rings. The summed E-state index contributed by atoms with van der Waals surface area (Å²) in [6.45, 7) is 6.09. The summed E-state index contributed by atoms with van der Waals surface area (Å²) in [5, 5.41) is 2.65. The summed E-state index contributed by atoms with van der Waals surface area (Å²) in [7, 11) is -3.52. The average molecular weight is 416 g/mol. The number of aryl methyl sites for hydroxylation is 1. The Balaban J connectivity index is 1.54. The van der Waals surface area contributed by atoms with Crippen LogP contribution in [0.25, 0.3) is 0 Å². The Morgan fingerprint density at radius 1 is 1.00 bits per heavy atom. The molecule has 29 heavy (non-hydrogen) atoms. The van der Waals surface area contributed by atoms with Gasteiger partial charge in [0.1, 0.15) is 0 Å². The highest BCUT2D eigenvalue weighted by Gasteiger charge is 2.29. The van der Waals surface area contributed by atoms with E-state index in [9.17, 15) is 13.2 Å². The summed E-state index contributed by atoms with van der Waals surface area (Å²) >= 11 is 0. The van der Waals surface area contributed by atoms with Crippen LogP contribution in [0.1, 0.15) is 25.8 Å². The third kappa shape index (κ3) is 5.65. The second-order valence-electron chi connectivity index (χ2n) is 7.52. The maximum absolute atomic E-state index is 12.9. The molecule has 7 heteroatoms. The van der Waals surface area contributed by atoms with Crippen LogP contribution in [0.5, 0.6) is 0 Å². The molecule has 1 atom stereocenters. The molecule has 1 N–H and O–H groups in total. The van der Waals surface area contributed by atoms with Crippen molar-refractivity contribution >= 4 is 21.6 Å². The van der Waals surface area contributed by atoms with Gasteiger partial charge in [-0.05, 0) is 49.6 Å². The van der Waals surface area contributed by atoms with E-state index in [1.165, 1.54) is 12.5 Å². The minimum atomic E-state index is -3.52. The molecule has 1 fully saturated rings. The SMILES string of the molecule is CC(=O)Nc1ccc(S(=O)(=O)N2CCN([C@@H](C)CCc3ccccc3)CC2)cc1. The van der Waals surface area contributed by atoms with E-state index < -0.39 is 10.0 Å². The number of carbonyl (C=O) groups is 1. The maximum Gasteiger partial charge on any atom is 0.243 e. The first-order valence-corrected chi connectivity index (χ1v) is 11.5. The number of hydrogen-bond donors (Lipinski definition) is 1. The highest BCUT2D eigenvalue weighted by Crippen LogP contribution is 2.21. The van der Waals surface area contributed by atoms with E-state index in [-0.39, 0.29) is 10.8 Å². The Labute approximate surface area is 173 Å². The first-order valence-electron chi connectivity index (χ1n) is 10.0. The molecular weight excluding hydrogens is 386 g/mol. The molecule has 0 bridgehead atoms. The number of carbonyl (C=O) groups excluding carboxylic acids is 1. The van der Waals surface area contributed by atoms with Gasteiger partial charge in [-0.15, -0.1) is 0 Å². The van der Waals surface area contributed by atoms with Crippen molar-refractivity contribution in [1.82, 2.24) is 9.21 Å². The molecule has 0 unspecified atom stereocenters. The van der Waals surface area contributed by atoms with Gasteiger partial charge in [-0.1, -0.05) is 30.3 Å². The lowest BCUT2D eigenvalue weighted by Gasteiger charge is -2.37. The van der Waals surface area contributed by atoms with E-state index in [2.05, 4.69) is 41.4 Å². The van der Waals surface area contributed by atoms with Crippen LogP contribution in [0.4, 0.5) is 5.69 Å². The number of anilines is 1. The van der Waals surface area contributed by atoms with Crippen LogP contribution in [-0.2, 0) is 21.2 Å². The second-order valence-corrected chi connectivity index (χ2v) is 9.46. The van der Waals surface area contributed by atoms with Gasteiger partial charge >= 0.3 is 0 Å². The molecule has 1 aliphatic heterocycles. The summed E-state index contributed by atoms with van der Waals surface area (Å²) in [5.74, 6) is -0.182. The predicted octanol–water partition coefficient (Wildman–Crippen LogP) is 2.97. The molecule has 6 nitrogen and oxygen atoms in total. The zero-order chi connectivity index (χ0) is 20.9. The smallest absolute Gasteiger partial charge is 0.243 e. The Morgan fingerprint density at radius 2 is 1.62 bits per heavy atom. The van der Waals surface area contributed by atoms with Gasteiger partial charge < -0.3 is 5.32 Å². The van der Waals surface area contributed by atoms with Crippen LogP contribution in [0, 0.1) is 0 Å². The topological polar surface area (TPSA) is 69.7 Å². The normalized spacial score (nSPS) is 17.0. The van der Waals surface area contributed by atoms with Crippen molar-refractivity contribution < 1.29 is 13.2 Å². The number of nitrogens with zero attached hydrogens (tertiary/aromatic N) is 2. The quantitative estimate of drug-likeness (QED) is 0.755. The fourth-order valence-electron chi connectivity index (χ4n) is 3.65. The molecule has 2 aromatic carbocycles. The van der Waals surface area contributed by atoms with Crippen LogP contribution in [0.2, 0.25) is 0 Å². The fourth-order valence-corrected chi connectivity index (χ4v) is 5.07. The van der Waals surface area contributed by atoms with E-state index in [1.54, 1.807) is 28.6 Å². The van der Waals surface area contributed by atoms with Gasteiger partial charge in [0.15, 0.2) is 0 Å². The van der Waals surface area contributed by atoms with Crippen molar-refractivity contribution in [2.45, 2.75) is 37.6 Å². The summed E-state index contributed by atoms with van der Waals surface area (Å²) in [6, 6.07) is 17.2. The summed E-state index contributed by atoms with van der Waals surface area (Å²) in [5.41, 5.74) is 1.93. The van der Waals surface area contributed by atoms with Crippen LogP contribution in [0.3, 0.4) is 0 Å². The number of rotatable bonds is 7. The molecule has 0 spiro atoms. The first kappa shape index (κ1) is 21.5.